The first-order valence-electron chi connectivity index (χ1n) is 5.25. The van der Waals surface area contributed by atoms with Crippen molar-refractivity contribution in [3.05, 3.63) is 0 Å². The van der Waals surface area contributed by atoms with Crippen molar-refractivity contribution in [3.63, 3.8) is 0 Å². The molecule has 15 heavy (non-hydrogen) atoms. The van der Waals surface area contributed by atoms with Crippen molar-refractivity contribution >= 4 is 17.9 Å². The lowest BCUT2D eigenvalue weighted by atomic mass is 10.2. The molecule has 0 radical (unpaired) electrons. The Morgan fingerprint density at radius 2 is 2.33 bits per heavy atom. The van der Waals surface area contributed by atoms with Gasteiger partial charge in [-0.15, -0.1) is 0 Å². The zero-order valence-electron chi connectivity index (χ0n) is 9.63. The van der Waals surface area contributed by atoms with Crippen LogP contribution in [-0.4, -0.2) is 42.3 Å². The average molecular weight is 232 g/mol. The zero-order valence-corrected chi connectivity index (χ0v) is 10.4. The molecule has 2 N–H and O–H groups in total. The topological polar surface area (TPSA) is 50.4 Å². The molecule has 1 amide bonds. The lowest BCUT2D eigenvalue weighted by molar-refractivity contribution is 0.0523. The summed E-state index contributed by atoms with van der Waals surface area (Å²) in [6, 6.07) is 0.372. The fraction of sp³-hybridized carbons (Fsp3) is 0.900. The summed E-state index contributed by atoms with van der Waals surface area (Å²) >= 11 is 1.91. The predicted octanol–water partition coefficient (Wildman–Crippen LogP) is 1.22. The molecule has 1 unspecified atom stereocenters. The van der Waals surface area contributed by atoms with Gasteiger partial charge in [0.15, 0.2) is 0 Å². The fourth-order valence-corrected chi connectivity index (χ4v) is 2.22. The Bertz CT molecular complexity index is 210. The van der Waals surface area contributed by atoms with Crippen molar-refractivity contribution in [2.24, 2.45) is 0 Å². The Kier molecular flexibility index (Phi) is 4.73. The SMILES string of the molecule is CC(C)(C)OC(=O)NCC1CSCCN1. The van der Waals surface area contributed by atoms with Crippen LogP contribution in [0.5, 0.6) is 0 Å². The molecule has 1 heterocycles. The minimum Gasteiger partial charge on any atom is -0.444 e. The van der Waals surface area contributed by atoms with E-state index >= 15 is 0 Å². The highest BCUT2D eigenvalue weighted by Crippen LogP contribution is 2.08. The van der Waals surface area contributed by atoms with Crippen LogP contribution in [0.1, 0.15) is 20.8 Å². The minimum absolute atomic E-state index is 0.333. The van der Waals surface area contributed by atoms with Crippen molar-refractivity contribution in [2.45, 2.75) is 32.4 Å². The van der Waals surface area contributed by atoms with Gasteiger partial charge in [0.25, 0.3) is 0 Å². The summed E-state index contributed by atoms with van der Waals surface area (Å²) < 4.78 is 5.14. The monoisotopic (exact) mass is 232 g/mol. The molecular formula is C10H20N2O2S. The molecular weight excluding hydrogens is 212 g/mol. The van der Waals surface area contributed by atoms with Crippen molar-refractivity contribution in [2.75, 3.05) is 24.6 Å². The van der Waals surface area contributed by atoms with Crippen molar-refractivity contribution < 1.29 is 9.53 Å². The number of hydrogen-bond donors (Lipinski definition) is 2. The minimum atomic E-state index is -0.418. The van der Waals surface area contributed by atoms with Gasteiger partial charge in [0.1, 0.15) is 5.60 Å². The van der Waals surface area contributed by atoms with E-state index in [1.165, 1.54) is 0 Å². The molecule has 0 aliphatic carbocycles. The number of ether oxygens (including phenoxy) is 1. The average Bonchev–Trinajstić information content (AvgIpc) is 2.14. The molecule has 0 aromatic rings. The van der Waals surface area contributed by atoms with Crippen molar-refractivity contribution in [1.82, 2.24) is 10.6 Å². The second kappa shape index (κ2) is 5.61. The third kappa shape index (κ3) is 5.89. The number of thioether (sulfide) groups is 1. The third-order valence-electron chi connectivity index (χ3n) is 1.89. The second-order valence-electron chi connectivity index (χ2n) is 4.61. The maximum Gasteiger partial charge on any atom is 0.407 e. The van der Waals surface area contributed by atoms with Gasteiger partial charge >= 0.3 is 6.09 Å². The highest BCUT2D eigenvalue weighted by atomic mass is 32.2. The van der Waals surface area contributed by atoms with Crippen LogP contribution in [0.25, 0.3) is 0 Å². The van der Waals surface area contributed by atoms with Crippen LogP contribution in [0.2, 0.25) is 0 Å². The number of nitrogens with one attached hydrogen (secondary N) is 2. The number of carbonyl (C=O) groups excluding carboxylic acids is 1. The molecule has 1 aliphatic rings. The summed E-state index contributed by atoms with van der Waals surface area (Å²) in [7, 11) is 0. The van der Waals surface area contributed by atoms with Gasteiger partial charge < -0.3 is 15.4 Å². The van der Waals surface area contributed by atoms with Crippen LogP contribution >= 0.6 is 11.8 Å². The molecule has 1 saturated heterocycles. The van der Waals surface area contributed by atoms with E-state index in [1.807, 2.05) is 32.5 Å². The van der Waals surface area contributed by atoms with Gasteiger partial charge in [0, 0.05) is 30.6 Å². The van der Waals surface area contributed by atoms with Gasteiger partial charge in [-0.3, -0.25) is 0 Å². The molecule has 0 spiro atoms. The first-order valence-corrected chi connectivity index (χ1v) is 6.41. The lowest BCUT2D eigenvalue weighted by Crippen LogP contribution is -2.46. The molecule has 1 fully saturated rings. The van der Waals surface area contributed by atoms with E-state index < -0.39 is 5.60 Å². The Hall–Kier alpha value is -0.420. The molecule has 4 nitrogen and oxygen atoms in total. The molecule has 0 aromatic heterocycles. The molecule has 0 aromatic carbocycles. The summed E-state index contributed by atoms with van der Waals surface area (Å²) in [4.78, 5) is 11.3. The summed E-state index contributed by atoms with van der Waals surface area (Å²) in [6.07, 6.45) is -0.333. The molecule has 0 bridgehead atoms. The van der Waals surface area contributed by atoms with E-state index in [9.17, 15) is 4.79 Å². The Morgan fingerprint density at radius 3 is 2.87 bits per heavy atom. The molecule has 1 atom stereocenters. The normalized spacial score (nSPS) is 22.2. The summed E-state index contributed by atoms with van der Waals surface area (Å²) in [5, 5.41) is 6.12. The molecule has 1 aliphatic heterocycles. The number of amides is 1. The van der Waals surface area contributed by atoms with Gasteiger partial charge in [-0.1, -0.05) is 0 Å². The largest absolute Gasteiger partial charge is 0.444 e. The summed E-state index contributed by atoms with van der Waals surface area (Å²) in [5.74, 6) is 2.21. The Morgan fingerprint density at radius 1 is 1.60 bits per heavy atom. The van der Waals surface area contributed by atoms with E-state index in [-0.39, 0.29) is 6.09 Å². The number of rotatable bonds is 2. The molecule has 1 rings (SSSR count). The quantitative estimate of drug-likeness (QED) is 0.751. The van der Waals surface area contributed by atoms with Crippen LogP contribution in [0.4, 0.5) is 4.79 Å². The first-order chi connectivity index (χ1) is 6.97. The molecule has 5 heteroatoms. The fourth-order valence-electron chi connectivity index (χ4n) is 1.27. The van der Waals surface area contributed by atoms with Gasteiger partial charge in [-0.25, -0.2) is 4.79 Å². The number of alkyl carbamates (subject to hydrolysis) is 1. The van der Waals surface area contributed by atoms with Gasteiger partial charge in [-0.2, -0.15) is 11.8 Å². The second-order valence-corrected chi connectivity index (χ2v) is 5.76. The number of hydrogen-bond acceptors (Lipinski definition) is 4. The van der Waals surface area contributed by atoms with Gasteiger partial charge in [0.2, 0.25) is 0 Å². The van der Waals surface area contributed by atoms with Gasteiger partial charge in [0.05, 0.1) is 0 Å². The smallest absolute Gasteiger partial charge is 0.407 e. The Labute approximate surface area is 95.5 Å². The van der Waals surface area contributed by atoms with Crippen LogP contribution in [0.15, 0.2) is 0 Å². The maximum absolute atomic E-state index is 11.3. The summed E-state index contributed by atoms with van der Waals surface area (Å²) in [6.45, 7) is 7.25. The standard InChI is InChI=1S/C10H20N2O2S/c1-10(2,3)14-9(13)12-6-8-7-15-5-4-11-8/h8,11H,4-7H2,1-3H3,(H,12,13). The molecule has 88 valence electrons. The van der Waals surface area contributed by atoms with E-state index in [2.05, 4.69) is 10.6 Å². The maximum atomic E-state index is 11.3. The highest BCUT2D eigenvalue weighted by Gasteiger charge is 2.18. The van der Waals surface area contributed by atoms with E-state index in [4.69, 9.17) is 4.74 Å². The molecule has 0 saturated carbocycles. The van der Waals surface area contributed by atoms with Crippen LogP contribution < -0.4 is 10.6 Å². The van der Waals surface area contributed by atoms with Crippen LogP contribution in [0.3, 0.4) is 0 Å². The third-order valence-corrected chi connectivity index (χ3v) is 3.02. The van der Waals surface area contributed by atoms with Crippen molar-refractivity contribution in [3.8, 4) is 0 Å². The lowest BCUT2D eigenvalue weighted by Gasteiger charge is -2.24. The number of carbonyl (C=O) groups is 1. The predicted molar refractivity (Wildman–Crippen MR) is 63.4 cm³/mol. The highest BCUT2D eigenvalue weighted by molar-refractivity contribution is 7.99. The van der Waals surface area contributed by atoms with Gasteiger partial charge in [-0.05, 0) is 20.8 Å². The van der Waals surface area contributed by atoms with E-state index in [1.54, 1.807) is 0 Å². The first kappa shape index (κ1) is 12.6. The van der Waals surface area contributed by atoms with Crippen LogP contribution in [-0.2, 0) is 4.74 Å². The summed E-state index contributed by atoms with van der Waals surface area (Å²) in [5.41, 5.74) is -0.418. The Balaban J connectivity index is 2.15. The van der Waals surface area contributed by atoms with E-state index in [0.29, 0.717) is 12.6 Å². The van der Waals surface area contributed by atoms with Crippen LogP contribution in [0, 0.1) is 0 Å². The van der Waals surface area contributed by atoms with Crippen molar-refractivity contribution in [1.29, 1.82) is 0 Å². The zero-order chi connectivity index (χ0) is 11.3. The van der Waals surface area contributed by atoms with E-state index in [0.717, 1.165) is 18.1 Å².